The highest BCUT2D eigenvalue weighted by atomic mass is 16.5. The molecule has 0 bridgehead atoms. The van der Waals surface area contributed by atoms with Gasteiger partial charge in [0.1, 0.15) is 0 Å². The Balaban J connectivity index is 2.68. The second-order valence-electron chi connectivity index (χ2n) is 4.66. The number of rotatable bonds is 6. The number of nitrogens with one attached hydrogen (secondary N) is 2. The minimum atomic E-state index is -0.466. The van der Waals surface area contributed by atoms with E-state index < -0.39 is 5.97 Å². The molecule has 0 radical (unpaired) electrons. The number of ether oxygens (including phenoxy) is 1. The van der Waals surface area contributed by atoms with Crippen LogP contribution in [0.4, 0.5) is 11.4 Å². The summed E-state index contributed by atoms with van der Waals surface area (Å²) in [6, 6.07) is 5.09. The number of hydrogen-bond donors (Lipinski definition) is 3. The van der Waals surface area contributed by atoms with Crippen LogP contribution in [0.3, 0.4) is 0 Å². The van der Waals surface area contributed by atoms with Gasteiger partial charge in [0.2, 0.25) is 5.91 Å². The van der Waals surface area contributed by atoms with Crippen molar-refractivity contribution in [3.05, 3.63) is 23.8 Å². The molecular formula is C14H21N3O3. The number of carbonyl (C=O) groups excluding carboxylic acids is 2. The monoisotopic (exact) mass is 279 g/mol. The molecule has 20 heavy (non-hydrogen) atoms. The van der Waals surface area contributed by atoms with Crippen LogP contribution in [0.5, 0.6) is 0 Å². The highest BCUT2D eigenvalue weighted by Crippen LogP contribution is 2.24. The quantitative estimate of drug-likeness (QED) is 0.540. The van der Waals surface area contributed by atoms with E-state index in [2.05, 4.69) is 10.6 Å². The predicted molar refractivity (Wildman–Crippen MR) is 78.6 cm³/mol. The van der Waals surface area contributed by atoms with Crippen molar-refractivity contribution < 1.29 is 14.3 Å². The van der Waals surface area contributed by atoms with Crippen LogP contribution >= 0.6 is 0 Å². The van der Waals surface area contributed by atoms with Crippen molar-refractivity contribution in [1.82, 2.24) is 5.32 Å². The van der Waals surface area contributed by atoms with Gasteiger partial charge in [0, 0.05) is 19.0 Å². The number of nitrogen functional groups attached to an aromatic ring is 1. The van der Waals surface area contributed by atoms with E-state index in [1.807, 2.05) is 13.8 Å². The molecule has 1 aromatic rings. The molecule has 0 unspecified atom stereocenters. The zero-order chi connectivity index (χ0) is 15.1. The molecule has 1 aromatic carbocycles. The van der Waals surface area contributed by atoms with E-state index in [9.17, 15) is 9.59 Å². The minimum absolute atomic E-state index is 0.0541. The molecule has 110 valence electrons. The molecule has 0 heterocycles. The van der Waals surface area contributed by atoms with E-state index >= 15 is 0 Å². The first-order chi connectivity index (χ1) is 9.45. The van der Waals surface area contributed by atoms with Gasteiger partial charge in [0.25, 0.3) is 0 Å². The molecule has 0 saturated carbocycles. The number of amides is 1. The van der Waals surface area contributed by atoms with Crippen molar-refractivity contribution in [3.63, 3.8) is 0 Å². The standard InChI is InChI=1S/C14H21N3O3/c1-9(2)17-12(18)7-8-16-13-10(14(19)20-3)5-4-6-11(13)15/h4-6,9,16H,7-8,15H2,1-3H3,(H,17,18). The van der Waals surface area contributed by atoms with Gasteiger partial charge in [-0.1, -0.05) is 6.07 Å². The van der Waals surface area contributed by atoms with E-state index in [1.165, 1.54) is 7.11 Å². The van der Waals surface area contributed by atoms with Gasteiger partial charge >= 0.3 is 5.97 Å². The number of para-hydroxylation sites is 1. The fraction of sp³-hybridized carbons (Fsp3) is 0.429. The molecular weight excluding hydrogens is 258 g/mol. The van der Waals surface area contributed by atoms with Crippen LogP contribution in [-0.4, -0.2) is 31.6 Å². The summed E-state index contributed by atoms with van der Waals surface area (Å²) in [5, 5.41) is 5.80. The average Bonchev–Trinajstić information content (AvgIpc) is 2.38. The molecule has 6 heteroatoms. The van der Waals surface area contributed by atoms with Crippen LogP contribution in [0.1, 0.15) is 30.6 Å². The summed E-state index contributed by atoms with van der Waals surface area (Å²) in [5.41, 5.74) is 7.14. The molecule has 1 rings (SSSR count). The van der Waals surface area contributed by atoms with Crippen LogP contribution in [0, 0.1) is 0 Å². The normalized spacial score (nSPS) is 10.2. The maximum Gasteiger partial charge on any atom is 0.340 e. The molecule has 0 aliphatic rings. The smallest absolute Gasteiger partial charge is 0.340 e. The SMILES string of the molecule is COC(=O)c1cccc(N)c1NCCC(=O)NC(C)C. The van der Waals surface area contributed by atoms with E-state index in [1.54, 1.807) is 18.2 Å². The molecule has 1 amide bonds. The van der Waals surface area contributed by atoms with Crippen molar-refractivity contribution in [1.29, 1.82) is 0 Å². The van der Waals surface area contributed by atoms with Gasteiger partial charge in [-0.05, 0) is 26.0 Å². The lowest BCUT2D eigenvalue weighted by molar-refractivity contribution is -0.121. The van der Waals surface area contributed by atoms with Crippen LogP contribution in [-0.2, 0) is 9.53 Å². The Morgan fingerprint density at radius 2 is 2.05 bits per heavy atom. The highest BCUT2D eigenvalue weighted by molar-refractivity contribution is 5.98. The number of benzene rings is 1. The number of anilines is 2. The topological polar surface area (TPSA) is 93.4 Å². The van der Waals surface area contributed by atoms with Gasteiger partial charge in [-0.15, -0.1) is 0 Å². The number of carbonyl (C=O) groups is 2. The number of methoxy groups -OCH3 is 1. The molecule has 0 aliphatic carbocycles. The third-order valence-corrected chi connectivity index (χ3v) is 2.61. The lowest BCUT2D eigenvalue weighted by Crippen LogP contribution is -2.31. The van der Waals surface area contributed by atoms with E-state index in [4.69, 9.17) is 10.5 Å². The third kappa shape index (κ3) is 4.46. The van der Waals surface area contributed by atoms with Gasteiger partial charge in [-0.2, -0.15) is 0 Å². The Kier molecular flexibility index (Phi) is 5.83. The van der Waals surface area contributed by atoms with Gasteiger partial charge in [0.15, 0.2) is 0 Å². The second kappa shape index (κ2) is 7.37. The summed E-state index contributed by atoms with van der Waals surface area (Å²) in [6.45, 7) is 4.18. The Morgan fingerprint density at radius 1 is 1.35 bits per heavy atom. The zero-order valence-corrected chi connectivity index (χ0v) is 12.0. The summed E-state index contributed by atoms with van der Waals surface area (Å²) < 4.78 is 4.70. The molecule has 0 spiro atoms. The molecule has 0 saturated heterocycles. The van der Waals surface area contributed by atoms with Crippen molar-refractivity contribution in [3.8, 4) is 0 Å². The predicted octanol–water partition coefficient (Wildman–Crippen LogP) is 1.38. The van der Waals surface area contributed by atoms with Crippen LogP contribution in [0.15, 0.2) is 18.2 Å². The summed E-state index contributed by atoms with van der Waals surface area (Å²) in [6.07, 6.45) is 0.299. The maximum atomic E-state index is 11.6. The first kappa shape index (κ1) is 15.8. The van der Waals surface area contributed by atoms with Gasteiger partial charge in [-0.3, -0.25) is 4.79 Å². The second-order valence-corrected chi connectivity index (χ2v) is 4.66. The molecule has 6 nitrogen and oxygen atoms in total. The Morgan fingerprint density at radius 3 is 2.65 bits per heavy atom. The summed E-state index contributed by atoms with van der Waals surface area (Å²) in [4.78, 5) is 23.2. The molecule has 0 aliphatic heterocycles. The van der Waals surface area contributed by atoms with Crippen LogP contribution in [0.2, 0.25) is 0 Å². The molecule has 0 fully saturated rings. The van der Waals surface area contributed by atoms with Gasteiger partial charge in [0.05, 0.1) is 24.0 Å². The minimum Gasteiger partial charge on any atom is -0.465 e. The highest BCUT2D eigenvalue weighted by Gasteiger charge is 2.14. The maximum absolute atomic E-state index is 11.6. The summed E-state index contributed by atoms with van der Waals surface area (Å²) in [7, 11) is 1.31. The van der Waals surface area contributed by atoms with E-state index in [0.717, 1.165) is 0 Å². The lowest BCUT2D eigenvalue weighted by Gasteiger charge is -2.13. The summed E-state index contributed by atoms with van der Waals surface area (Å²) in [5.74, 6) is -0.520. The van der Waals surface area contributed by atoms with Crippen molar-refractivity contribution >= 4 is 23.3 Å². The fourth-order valence-electron chi connectivity index (χ4n) is 1.74. The average molecular weight is 279 g/mol. The number of nitrogens with two attached hydrogens (primary N) is 1. The van der Waals surface area contributed by atoms with Crippen molar-refractivity contribution in [2.75, 3.05) is 24.7 Å². The Bertz CT molecular complexity index is 487. The fourth-order valence-corrected chi connectivity index (χ4v) is 1.74. The zero-order valence-electron chi connectivity index (χ0n) is 12.0. The van der Waals surface area contributed by atoms with Gasteiger partial charge in [-0.25, -0.2) is 4.79 Å². The van der Waals surface area contributed by atoms with E-state index in [-0.39, 0.29) is 11.9 Å². The number of hydrogen-bond acceptors (Lipinski definition) is 5. The third-order valence-electron chi connectivity index (χ3n) is 2.61. The van der Waals surface area contributed by atoms with Crippen molar-refractivity contribution in [2.45, 2.75) is 26.3 Å². The molecule has 4 N–H and O–H groups in total. The Labute approximate surface area is 118 Å². The first-order valence-corrected chi connectivity index (χ1v) is 6.45. The van der Waals surface area contributed by atoms with Crippen LogP contribution in [0.25, 0.3) is 0 Å². The molecule has 0 atom stereocenters. The first-order valence-electron chi connectivity index (χ1n) is 6.45. The molecule has 0 aromatic heterocycles. The van der Waals surface area contributed by atoms with Crippen molar-refractivity contribution in [2.24, 2.45) is 0 Å². The van der Waals surface area contributed by atoms with Crippen LogP contribution < -0.4 is 16.4 Å². The Hall–Kier alpha value is -2.24. The summed E-state index contributed by atoms with van der Waals surface area (Å²) >= 11 is 0. The number of esters is 1. The van der Waals surface area contributed by atoms with E-state index in [0.29, 0.717) is 29.9 Å². The lowest BCUT2D eigenvalue weighted by atomic mass is 10.1. The largest absolute Gasteiger partial charge is 0.465 e. The van der Waals surface area contributed by atoms with Gasteiger partial charge < -0.3 is 21.1 Å².